The molecule has 0 N–H and O–H groups in total. The molecule has 0 saturated carbocycles. The van der Waals surface area contributed by atoms with Gasteiger partial charge < -0.3 is 14.2 Å². The number of hydrogen-bond acceptors (Lipinski definition) is 6. The van der Waals surface area contributed by atoms with Gasteiger partial charge in [0.25, 0.3) is 0 Å². The van der Waals surface area contributed by atoms with Gasteiger partial charge in [-0.15, -0.1) is 0 Å². The van der Waals surface area contributed by atoms with Crippen LogP contribution in [0.3, 0.4) is 0 Å². The topological polar surface area (TPSA) is 78.9 Å². The average molecular weight is 1060 g/mol. The minimum absolute atomic E-state index is 0.0742. The summed E-state index contributed by atoms with van der Waals surface area (Å²) >= 11 is 0. The molecule has 0 radical (unpaired) electrons. The first-order valence-electron chi connectivity index (χ1n) is 33.3. The summed E-state index contributed by atoms with van der Waals surface area (Å²) in [6.45, 7) is 6.50. The van der Waals surface area contributed by atoms with E-state index in [1.165, 1.54) is 218 Å². The second-order valence-corrected chi connectivity index (χ2v) is 22.4. The second-order valence-electron chi connectivity index (χ2n) is 22.4. The van der Waals surface area contributed by atoms with Crippen LogP contribution < -0.4 is 0 Å². The Kier molecular flexibility index (Phi) is 62.2. The van der Waals surface area contributed by atoms with Crippen molar-refractivity contribution in [3.05, 3.63) is 60.8 Å². The van der Waals surface area contributed by atoms with Crippen molar-refractivity contribution in [1.82, 2.24) is 0 Å². The fourth-order valence-electron chi connectivity index (χ4n) is 9.79. The molecule has 0 aliphatic rings. The van der Waals surface area contributed by atoms with Crippen LogP contribution in [0.1, 0.15) is 348 Å². The van der Waals surface area contributed by atoms with E-state index in [0.717, 1.165) is 89.9 Å². The summed E-state index contributed by atoms with van der Waals surface area (Å²) in [7, 11) is 0. The van der Waals surface area contributed by atoms with Crippen molar-refractivity contribution in [2.75, 3.05) is 13.2 Å². The van der Waals surface area contributed by atoms with Gasteiger partial charge in [-0.05, 0) is 83.5 Å². The first-order chi connectivity index (χ1) is 37.5. The Labute approximate surface area is 472 Å². The first kappa shape index (κ1) is 73.1. The normalized spacial score (nSPS) is 12.4. The van der Waals surface area contributed by atoms with Crippen molar-refractivity contribution >= 4 is 17.9 Å². The van der Waals surface area contributed by atoms with E-state index < -0.39 is 6.10 Å². The lowest BCUT2D eigenvalue weighted by Gasteiger charge is -2.18. The highest BCUT2D eigenvalue weighted by Gasteiger charge is 2.19. The summed E-state index contributed by atoms with van der Waals surface area (Å²) in [6.07, 6.45) is 82.9. The van der Waals surface area contributed by atoms with E-state index in [9.17, 15) is 14.4 Å². The highest BCUT2D eigenvalue weighted by Crippen LogP contribution is 2.18. The standard InChI is InChI=1S/C70H126O6/c1-4-7-10-13-16-18-20-22-24-26-28-30-31-32-33-34-35-36-37-38-39-41-42-44-46-48-50-52-54-57-60-63-69(72)75-66-67(65-74-68(71)62-59-56-15-12-9-6-3)76-70(73)64-61-58-55-53-51-49-47-45-43-40-29-27-25-23-21-19-17-14-11-8-5-2/h8,11,17,19,23,25-26,28-29,40,67H,4-7,9-10,12-16,18,20-22,24,27,30-39,41-66H2,1-3H3/b11-8-,19-17-,25-23-,28-26-,40-29-. The molecule has 0 spiro atoms. The van der Waals surface area contributed by atoms with Gasteiger partial charge in [0.2, 0.25) is 0 Å². The van der Waals surface area contributed by atoms with E-state index >= 15 is 0 Å². The van der Waals surface area contributed by atoms with Crippen LogP contribution in [0, 0.1) is 0 Å². The predicted octanol–water partition coefficient (Wildman–Crippen LogP) is 22.7. The third-order valence-corrected chi connectivity index (χ3v) is 14.8. The molecule has 0 heterocycles. The van der Waals surface area contributed by atoms with Crippen molar-refractivity contribution in [2.45, 2.75) is 354 Å². The van der Waals surface area contributed by atoms with E-state index in [0.29, 0.717) is 19.3 Å². The summed E-state index contributed by atoms with van der Waals surface area (Å²) < 4.78 is 16.8. The number of ether oxygens (including phenoxy) is 3. The molecule has 6 nitrogen and oxygen atoms in total. The number of hydrogen-bond donors (Lipinski definition) is 0. The van der Waals surface area contributed by atoms with E-state index in [1.54, 1.807) is 0 Å². The van der Waals surface area contributed by atoms with Crippen molar-refractivity contribution in [3.8, 4) is 0 Å². The van der Waals surface area contributed by atoms with Crippen LogP contribution in [0.25, 0.3) is 0 Å². The number of carbonyl (C=O) groups excluding carboxylic acids is 3. The first-order valence-corrected chi connectivity index (χ1v) is 33.3. The van der Waals surface area contributed by atoms with Crippen LogP contribution in [-0.4, -0.2) is 37.2 Å². The zero-order valence-electron chi connectivity index (χ0n) is 50.8. The highest BCUT2D eigenvalue weighted by molar-refractivity contribution is 5.71. The lowest BCUT2D eigenvalue weighted by Crippen LogP contribution is -2.30. The molecule has 6 heteroatoms. The van der Waals surface area contributed by atoms with E-state index in [1.807, 2.05) is 0 Å². The van der Waals surface area contributed by atoms with Crippen molar-refractivity contribution in [2.24, 2.45) is 0 Å². The van der Waals surface area contributed by atoms with Crippen LogP contribution in [0.5, 0.6) is 0 Å². The number of esters is 3. The monoisotopic (exact) mass is 1060 g/mol. The van der Waals surface area contributed by atoms with Gasteiger partial charge >= 0.3 is 17.9 Å². The second kappa shape index (κ2) is 64.6. The lowest BCUT2D eigenvalue weighted by atomic mass is 10.0. The fraction of sp³-hybridized carbons (Fsp3) is 0.814. The van der Waals surface area contributed by atoms with Gasteiger partial charge in [0.15, 0.2) is 6.10 Å². The summed E-state index contributed by atoms with van der Waals surface area (Å²) in [5.74, 6) is -0.876. The molecule has 0 bridgehead atoms. The number of rotatable bonds is 61. The zero-order valence-corrected chi connectivity index (χ0v) is 50.8. The fourth-order valence-corrected chi connectivity index (χ4v) is 9.79. The van der Waals surface area contributed by atoms with Crippen LogP contribution in [0.15, 0.2) is 60.8 Å². The molecule has 442 valence electrons. The molecule has 0 saturated heterocycles. The quantitative estimate of drug-likeness (QED) is 0.0261. The summed E-state index contributed by atoms with van der Waals surface area (Å²) in [5, 5.41) is 0. The van der Waals surface area contributed by atoms with Gasteiger partial charge in [-0.3, -0.25) is 14.4 Å². The number of unbranched alkanes of at least 4 members (excludes halogenated alkanes) is 40. The molecule has 0 amide bonds. The molecular weight excluding hydrogens is 937 g/mol. The maximum atomic E-state index is 12.8. The minimum atomic E-state index is -0.775. The minimum Gasteiger partial charge on any atom is -0.462 e. The Morgan fingerprint density at radius 3 is 0.816 bits per heavy atom. The third-order valence-electron chi connectivity index (χ3n) is 14.8. The van der Waals surface area contributed by atoms with Crippen LogP contribution in [0.2, 0.25) is 0 Å². The van der Waals surface area contributed by atoms with E-state index in [2.05, 4.69) is 81.5 Å². The Balaban J connectivity index is 3.99. The van der Waals surface area contributed by atoms with Crippen LogP contribution in [0.4, 0.5) is 0 Å². The summed E-state index contributed by atoms with van der Waals surface area (Å²) in [6, 6.07) is 0. The van der Waals surface area contributed by atoms with E-state index in [4.69, 9.17) is 14.2 Å². The molecule has 0 fully saturated rings. The largest absolute Gasteiger partial charge is 0.462 e. The maximum Gasteiger partial charge on any atom is 0.306 e. The van der Waals surface area contributed by atoms with Gasteiger partial charge in [0.1, 0.15) is 13.2 Å². The Morgan fingerprint density at radius 2 is 0.513 bits per heavy atom. The highest BCUT2D eigenvalue weighted by atomic mass is 16.6. The molecule has 0 aromatic heterocycles. The third kappa shape index (κ3) is 62.0. The van der Waals surface area contributed by atoms with Gasteiger partial charge in [0.05, 0.1) is 0 Å². The Bertz CT molecular complexity index is 1360. The Morgan fingerprint density at radius 1 is 0.276 bits per heavy atom. The molecular formula is C70H126O6. The molecule has 0 rings (SSSR count). The summed E-state index contributed by atoms with van der Waals surface area (Å²) in [4.78, 5) is 38.0. The van der Waals surface area contributed by atoms with Gasteiger partial charge in [-0.2, -0.15) is 0 Å². The zero-order chi connectivity index (χ0) is 55.0. The number of carbonyl (C=O) groups is 3. The summed E-state index contributed by atoms with van der Waals surface area (Å²) in [5.41, 5.74) is 0. The van der Waals surface area contributed by atoms with Crippen molar-refractivity contribution in [1.29, 1.82) is 0 Å². The van der Waals surface area contributed by atoms with Crippen LogP contribution >= 0.6 is 0 Å². The van der Waals surface area contributed by atoms with Gasteiger partial charge in [0, 0.05) is 19.3 Å². The van der Waals surface area contributed by atoms with Gasteiger partial charge in [-0.25, -0.2) is 0 Å². The van der Waals surface area contributed by atoms with Gasteiger partial charge in [-0.1, -0.05) is 306 Å². The van der Waals surface area contributed by atoms with Crippen molar-refractivity contribution < 1.29 is 28.6 Å². The molecule has 1 unspecified atom stereocenters. The Hall–Kier alpha value is -2.89. The van der Waals surface area contributed by atoms with Crippen LogP contribution in [-0.2, 0) is 28.6 Å². The SMILES string of the molecule is CC/C=C\C/C=C\C/C=C\C/C=C\CCCCCCCCCCC(=O)OC(COC(=O)CCCCCCCC)COC(=O)CCCCCCCCCCCCCCCCCCCCC/C=C\CCCCCCCCCC. The molecule has 0 aliphatic heterocycles. The predicted molar refractivity (Wildman–Crippen MR) is 330 cm³/mol. The number of allylic oxidation sites excluding steroid dienone is 10. The molecule has 1 atom stereocenters. The smallest absolute Gasteiger partial charge is 0.306 e. The average Bonchev–Trinajstić information content (AvgIpc) is 3.42. The van der Waals surface area contributed by atoms with E-state index in [-0.39, 0.29) is 31.1 Å². The molecule has 0 aromatic carbocycles. The van der Waals surface area contributed by atoms with Crippen molar-refractivity contribution in [3.63, 3.8) is 0 Å². The molecule has 0 aromatic rings. The maximum absolute atomic E-state index is 12.8. The lowest BCUT2D eigenvalue weighted by molar-refractivity contribution is -0.167. The molecule has 76 heavy (non-hydrogen) atoms. The molecule has 0 aliphatic carbocycles.